The quantitative estimate of drug-likeness (QED) is 0.233. The Balaban J connectivity index is 1.88. The van der Waals surface area contributed by atoms with Gasteiger partial charge in [-0.25, -0.2) is 9.36 Å². The van der Waals surface area contributed by atoms with E-state index in [0.29, 0.717) is 0 Å². The van der Waals surface area contributed by atoms with Gasteiger partial charge in [-0.2, -0.15) is 15.3 Å². The van der Waals surface area contributed by atoms with Gasteiger partial charge in [0.2, 0.25) is 0 Å². The molecule has 12 nitrogen and oxygen atoms in total. The predicted molar refractivity (Wildman–Crippen MR) is 134 cm³/mol. The number of nitriles is 1. The van der Waals surface area contributed by atoms with Crippen molar-refractivity contribution in [3.63, 3.8) is 0 Å². The molecule has 3 rings (SSSR count). The van der Waals surface area contributed by atoms with Crippen molar-refractivity contribution in [3.8, 4) is 11.8 Å². The van der Waals surface area contributed by atoms with Gasteiger partial charge in [-0.3, -0.25) is 13.9 Å². The molecule has 1 aliphatic rings. The summed E-state index contributed by atoms with van der Waals surface area (Å²) in [5.41, 5.74) is 3.30. The van der Waals surface area contributed by atoms with Gasteiger partial charge in [0.05, 0.1) is 30.9 Å². The number of nitrogens with zero attached hydrogens (tertiary/aromatic N) is 3. The summed E-state index contributed by atoms with van der Waals surface area (Å²) in [6.07, 6.45) is -0.383. The zero-order valence-corrected chi connectivity index (χ0v) is 21.6. The maximum Gasteiger partial charge on any atom is 0.459 e. The molecule has 37 heavy (non-hydrogen) atoms. The molecule has 0 aliphatic heterocycles. The van der Waals surface area contributed by atoms with Crippen LogP contribution in [0.25, 0.3) is 0 Å². The third-order valence-corrected chi connectivity index (χ3v) is 7.49. The lowest BCUT2D eigenvalue weighted by atomic mass is 9.83. The van der Waals surface area contributed by atoms with E-state index in [2.05, 4.69) is 16.7 Å². The maximum atomic E-state index is 13.8. The van der Waals surface area contributed by atoms with Crippen LogP contribution in [0.5, 0.6) is 5.75 Å². The second-order valence-electron chi connectivity index (χ2n) is 8.93. The first kappa shape index (κ1) is 28.1. The average molecular weight is 532 g/mol. The molecule has 1 unspecified atom stereocenters. The Kier molecular flexibility index (Phi) is 8.56. The van der Waals surface area contributed by atoms with Gasteiger partial charge < -0.3 is 20.1 Å². The summed E-state index contributed by atoms with van der Waals surface area (Å²) in [5.74, 6) is -0.487. The molecule has 0 bridgehead atoms. The SMILES string of the molecule is C=C1[C@@H](n2ccc(N)nc2=O)C[C@H](O)[C@@]1(C#N)COP(=O)(N[C@H](C)C(=O)OC(C)C)Oc1ccccc1. The lowest BCUT2D eigenvalue weighted by molar-refractivity contribution is -0.149. The zero-order chi connectivity index (χ0) is 27.4. The Hall–Kier alpha value is -3.49. The minimum atomic E-state index is -4.32. The van der Waals surface area contributed by atoms with Gasteiger partial charge >= 0.3 is 19.4 Å². The van der Waals surface area contributed by atoms with Crippen LogP contribution >= 0.6 is 7.75 Å². The highest BCUT2D eigenvalue weighted by Gasteiger charge is 2.53. The molecule has 4 N–H and O–H groups in total. The molecule has 13 heteroatoms. The molecule has 1 aromatic carbocycles. The molecule has 0 spiro atoms. The normalized spacial score (nSPS) is 23.7. The van der Waals surface area contributed by atoms with Crippen molar-refractivity contribution in [3.05, 3.63) is 65.2 Å². The van der Waals surface area contributed by atoms with Crippen LogP contribution in [0.15, 0.2) is 59.5 Å². The summed E-state index contributed by atoms with van der Waals surface area (Å²) < 4.78 is 31.4. The number of nitrogens with two attached hydrogens (primary N) is 1. The fourth-order valence-corrected chi connectivity index (χ4v) is 5.43. The Morgan fingerprint density at radius 3 is 2.65 bits per heavy atom. The van der Waals surface area contributed by atoms with Crippen LogP contribution in [0.1, 0.15) is 33.2 Å². The summed E-state index contributed by atoms with van der Waals surface area (Å²) in [6.45, 7) is 8.11. The second-order valence-corrected chi connectivity index (χ2v) is 10.6. The second kappa shape index (κ2) is 11.3. The van der Waals surface area contributed by atoms with E-state index in [1.165, 1.54) is 35.9 Å². The van der Waals surface area contributed by atoms with E-state index in [4.69, 9.17) is 19.5 Å². The minimum Gasteiger partial charge on any atom is -0.462 e. The van der Waals surface area contributed by atoms with E-state index in [1.807, 2.05) is 6.07 Å². The van der Waals surface area contributed by atoms with Crippen molar-refractivity contribution in [1.29, 1.82) is 5.26 Å². The van der Waals surface area contributed by atoms with Gasteiger partial charge in [-0.05, 0) is 44.5 Å². The standard InChI is InChI=1S/C24H30N5O7P/c1-15(2)35-22(31)17(4)28-37(33,36-18-8-6-5-7-9-18)34-14-24(13-25)16(3)19(12-20(24)30)29-11-10-21(26)27-23(29)32/h5-11,15,17,19-20,30H,3,12,14H2,1-2,4H3,(H,28,33)(H2,26,27,32)/t17-,19+,20+,24+,37?/m1/s1. The number of aromatic nitrogens is 2. The fourth-order valence-electron chi connectivity index (χ4n) is 3.90. The van der Waals surface area contributed by atoms with E-state index in [0.717, 1.165) is 0 Å². The molecule has 5 atom stereocenters. The Bertz CT molecular complexity index is 1290. The number of aliphatic hydroxyl groups excluding tert-OH is 1. The first-order valence-electron chi connectivity index (χ1n) is 11.5. The highest BCUT2D eigenvalue weighted by atomic mass is 31.2. The Morgan fingerprint density at radius 1 is 1.38 bits per heavy atom. The number of carbonyl (C=O) groups excluding carboxylic acids is 1. The third-order valence-electron chi connectivity index (χ3n) is 5.87. The molecule has 0 radical (unpaired) electrons. The predicted octanol–water partition coefficient (Wildman–Crippen LogP) is 2.33. The highest BCUT2D eigenvalue weighted by molar-refractivity contribution is 7.52. The van der Waals surface area contributed by atoms with Gasteiger partial charge in [0.25, 0.3) is 0 Å². The Morgan fingerprint density at radius 2 is 2.05 bits per heavy atom. The minimum absolute atomic E-state index is 0.0236. The number of aliphatic hydroxyl groups is 1. The molecule has 1 heterocycles. The van der Waals surface area contributed by atoms with Gasteiger partial charge in [0.15, 0.2) is 0 Å². The van der Waals surface area contributed by atoms with Crippen molar-refractivity contribution in [2.75, 3.05) is 12.3 Å². The molecule has 198 valence electrons. The topological polar surface area (TPSA) is 179 Å². The van der Waals surface area contributed by atoms with Gasteiger partial charge in [-0.15, -0.1) is 0 Å². The highest BCUT2D eigenvalue weighted by Crippen LogP contribution is 2.52. The number of benzene rings is 1. The van der Waals surface area contributed by atoms with Crippen LogP contribution in [-0.4, -0.2) is 45.5 Å². The first-order valence-corrected chi connectivity index (χ1v) is 13.1. The lowest BCUT2D eigenvalue weighted by Crippen LogP contribution is -2.39. The third kappa shape index (κ3) is 6.26. The number of hydrogen-bond donors (Lipinski definition) is 3. The van der Waals surface area contributed by atoms with Crippen molar-refractivity contribution in [2.24, 2.45) is 5.41 Å². The van der Waals surface area contributed by atoms with Gasteiger partial charge in [0, 0.05) is 12.6 Å². The molecular weight excluding hydrogens is 501 g/mol. The number of nitrogens with one attached hydrogen (secondary N) is 1. The number of hydrogen-bond acceptors (Lipinski definition) is 10. The summed E-state index contributed by atoms with van der Waals surface area (Å²) >= 11 is 0. The molecule has 0 saturated heterocycles. The van der Waals surface area contributed by atoms with Crippen molar-refractivity contribution in [2.45, 2.75) is 51.5 Å². The van der Waals surface area contributed by atoms with Crippen LogP contribution in [0, 0.1) is 16.7 Å². The van der Waals surface area contributed by atoms with E-state index in [-0.39, 0.29) is 23.6 Å². The summed E-state index contributed by atoms with van der Waals surface area (Å²) in [6, 6.07) is 9.64. The summed E-state index contributed by atoms with van der Waals surface area (Å²) in [7, 11) is -4.32. The number of anilines is 1. The van der Waals surface area contributed by atoms with Gasteiger partial charge in [-0.1, -0.05) is 24.8 Å². The van der Waals surface area contributed by atoms with Crippen molar-refractivity contribution < 1.29 is 28.3 Å². The number of ether oxygens (including phenoxy) is 1. The van der Waals surface area contributed by atoms with E-state index in [9.17, 15) is 24.5 Å². The smallest absolute Gasteiger partial charge is 0.459 e. The van der Waals surface area contributed by atoms with Crippen molar-refractivity contribution in [1.82, 2.24) is 14.6 Å². The summed E-state index contributed by atoms with van der Waals surface area (Å²) in [4.78, 5) is 28.4. The van der Waals surface area contributed by atoms with Crippen LogP contribution in [0.3, 0.4) is 0 Å². The van der Waals surface area contributed by atoms with E-state index < -0.39 is 55.7 Å². The largest absolute Gasteiger partial charge is 0.462 e. The van der Waals surface area contributed by atoms with Crippen LogP contribution < -0.4 is 21.0 Å². The molecular formula is C24H30N5O7P. The molecule has 2 aromatic rings. The Labute approximate surface area is 214 Å². The number of esters is 1. The van der Waals surface area contributed by atoms with E-state index >= 15 is 0 Å². The number of rotatable bonds is 10. The van der Waals surface area contributed by atoms with Crippen LogP contribution in [0.2, 0.25) is 0 Å². The van der Waals surface area contributed by atoms with Crippen LogP contribution in [-0.2, 0) is 18.6 Å². The van der Waals surface area contributed by atoms with Crippen molar-refractivity contribution >= 4 is 19.5 Å². The average Bonchev–Trinajstić information content (AvgIpc) is 3.07. The van der Waals surface area contributed by atoms with E-state index in [1.54, 1.807) is 32.0 Å². The monoisotopic (exact) mass is 531 g/mol. The summed E-state index contributed by atoms with van der Waals surface area (Å²) in [5, 5.41) is 23.5. The fraction of sp³-hybridized carbons (Fsp3) is 0.417. The first-order chi connectivity index (χ1) is 17.4. The number of para-hydroxylation sites is 1. The lowest BCUT2D eigenvalue weighted by Gasteiger charge is -2.30. The van der Waals surface area contributed by atoms with Crippen LogP contribution in [0.4, 0.5) is 5.82 Å². The molecule has 1 aliphatic carbocycles. The number of nitrogen functional groups attached to an aromatic ring is 1. The molecule has 0 amide bonds. The molecule has 1 fully saturated rings. The van der Waals surface area contributed by atoms with Gasteiger partial charge in [0.1, 0.15) is 23.0 Å². The zero-order valence-electron chi connectivity index (χ0n) is 20.7. The molecule has 1 saturated carbocycles. The maximum absolute atomic E-state index is 13.8. The number of carbonyl (C=O) groups is 1. The molecule has 1 aromatic heterocycles.